The molecule has 0 fully saturated rings. The van der Waals surface area contributed by atoms with Gasteiger partial charge in [-0.3, -0.25) is 9.59 Å². The van der Waals surface area contributed by atoms with Gasteiger partial charge in [0.1, 0.15) is 12.2 Å². The zero-order valence-corrected chi connectivity index (χ0v) is 16.5. The van der Waals surface area contributed by atoms with Crippen molar-refractivity contribution in [3.05, 3.63) is 76.1 Å². The second kappa shape index (κ2) is 8.11. The number of amides is 1. The van der Waals surface area contributed by atoms with E-state index < -0.39 is 22.9 Å². The number of aromatic nitrogens is 1. The Balaban J connectivity index is 2.09. The molecule has 0 bridgehead atoms. The summed E-state index contributed by atoms with van der Waals surface area (Å²) in [7, 11) is 0. The van der Waals surface area contributed by atoms with E-state index in [9.17, 15) is 14.7 Å². The molecule has 0 aliphatic heterocycles. The number of hydrogen-bond donors (Lipinski definition) is 2. The van der Waals surface area contributed by atoms with E-state index in [-0.39, 0.29) is 17.6 Å². The molecule has 0 spiro atoms. The Morgan fingerprint density at radius 1 is 1.10 bits per heavy atom. The van der Waals surface area contributed by atoms with Gasteiger partial charge in [0.25, 0.3) is 11.5 Å². The summed E-state index contributed by atoms with van der Waals surface area (Å²) in [6.07, 6.45) is 0. The van der Waals surface area contributed by atoms with E-state index in [0.717, 1.165) is 10.3 Å². The molecule has 0 aliphatic carbocycles. The van der Waals surface area contributed by atoms with E-state index in [2.05, 4.69) is 17.2 Å². The average Bonchev–Trinajstić information content (AvgIpc) is 2.68. The SMILES string of the molecule is CC#CC(C)(C)NC(=O)c1c(O)n(OCc2ccccc2)c(=O)c2ccccc12. The number of carbonyl (C=O) groups is 1. The first-order valence-corrected chi connectivity index (χ1v) is 9.14. The molecule has 6 nitrogen and oxygen atoms in total. The van der Waals surface area contributed by atoms with Crippen molar-refractivity contribution in [2.75, 3.05) is 0 Å². The van der Waals surface area contributed by atoms with E-state index in [1.165, 1.54) is 0 Å². The summed E-state index contributed by atoms with van der Waals surface area (Å²) < 4.78 is 0.767. The summed E-state index contributed by atoms with van der Waals surface area (Å²) in [6, 6.07) is 15.8. The maximum atomic E-state index is 13.0. The first kappa shape index (κ1) is 20.0. The third-order valence-corrected chi connectivity index (χ3v) is 4.32. The highest BCUT2D eigenvalue weighted by molar-refractivity contribution is 6.09. The molecule has 0 aliphatic rings. The van der Waals surface area contributed by atoms with Crippen LogP contribution in [0.5, 0.6) is 5.88 Å². The molecule has 0 atom stereocenters. The van der Waals surface area contributed by atoms with Gasteiger partial charge >= 0.3 is 0 Å². The van der Waals surface area contributed by atoms with Gasteiger partial charge in [-0.1, -0.05) is 54.5 Å². The van der Waals surface area contributed by atoms with Crippen LogP contribution in [-0.4, -0.2) is 21.3 Å². The number of benzene rings is 2. The summed E-state index contributed by atoms with van der Waals surface area (Å²) in [5, 5.41) is 14.2. The van der Waals surface area contributed by atoms with E-state index in [1.54, 1.807) is 45.0 Å². The van der Waals surface area contributed by atoms with Crippen LogP contribution >= 0.6 is 0 Å². The number of hydrogen-bond acceptors (Lipinski definition) is 4. The topological polar surface area (TPSA) is 80.6 Å². The second-order valence-corrected chi connectivity index (χ2v) is 7.06. The van der Waals surface area contributed by atoms with Crippen molar-refractivity contribution in [3.8, 4) is 17.7 Å². The van der Waals surface area contributed by atoms with Crippen LogP contribution in [0.2, 0.25) is 0 Å². The van der Waals surface area contributed by atoms with Crippen molar-refractivity contribution in [2.24, 2.45) is 0 Å². The Hall–Kier alpha value is -3.72. The lowest BCUT2D eigenvalue weighted by Gasteiger charge is -2.21. The van der Waals surface area contributed by atoms with Gasteiger partial charge in [0, 0.05) is 5.39 Å². The zero-order chi connectivity index (χ0) is 21.0. The molecule has 6 heteroatoms. The van der Waals surface area contributed by atoms with Gasteiger partial charge < -0.3 is 15.3 Å². The normalized spacial score (nSPS) is 10.9. The number of carbonyl (C=O) groups excluding carboxylic acids is 1. The minimum Gasteiger partial charge on any atom is -0.492 e. The molecule has 1 heterocycles. The van der Waals surface area contributed by atoms with Crippen molar-refractivity contribution in [1.82, 2.24) is 10.0 Å². The number of nitrogens with zero attached hydrogens (tertiary/aromatic N) is 1. The van der Waals surface area contributed by atoms with Crippen molar-refractivity contribution < 1.29 is 14.7 Å². The lowest BCUT2D eigenvalue weighted by Crippen LogP contribution is -2.43. The third kappa shape index (κ3) is 4.25. The zero-order valence-electron chi connectivity index (χ0n) is 16.5. The fraction of sp³-hybridized carbons (Fsp3) is 0.217. The Kier molecular flexibility index (Phi) is 5.60. The number of rotatable bonds is 5. The van der Waals surface area contributed by atoms with Crippen molar-refractivity contribution in [1.29, 1.82) is 0 Å². The first-order chi connectivity index (χ1) is 13.8. The molecule has 0 unspecified atom stereocenters. The molecule has 3 aromatic rings. The van der Waals surface area contributed by atoms with Crippen LogP contribution in [-0.2, 0) is 6.61 Å². The van der Waals surface area contributed by atoms with Crippen LogP contribution < -0.4 is 15.7 Å². The molecule has 2 N–H and O–H groups in total. The summed E-state index contributed by atoms with van der Waals surface area (Å²) in [5.74, 6) is 4.56. The lowest BCUT2D eigenvalue weighted by atomic mass is 10.0. The molecule has 1 amide bonds. The Labute approximate surface area is 168 Å². The van der Waals surface area contributed by atoms with Crippen LogP contribution in [0, 0.1) is 11.8 Å². The van der Waals surface area contributed by atoms with Crippen molar-refractivity contribution in [3.63, 3.8) is 0 Å². The maximum Gasteiger partial charge on any atom is 0.294 e. The van der Waals surface area contributed by atoms with Gasteiger partial charge in [-0.05, 0) is 32.4 Å². The van der Waals surface area contributed by atoms with Gasteiger partial charge in [0.15, 0.2) is 0 Å². The molecular weight excluding hydrogens is 368 g/mol. The number of aromatic hydroxyl groups is 1. The molecule has 3 rings (SSSR count). The quantitative estimate of drug-likeness (QED) is 0.657. The van der Waals surface area contributed by atoms with Gasteiger partial charge in [-0.15, -0.1) is 10.7 Å². The predicted octanol–water partition coefficient (Wildman–Crippen LogP) is 2.87. The highest BCUT2D eigenvalue weighted by Gasteiger charge is 2.26. The minimum atomic E-state index is -0.814. The standard InChI is InChI=1S/C23H22N2O4/c1-4-14-23(2,3)24-20(26)19-17-12-8-9-13-18(17)21(27)25(22(19)28)29-15-16-10-6-5-7-11-16/h5-13,28H,15H2,1-3H3,(H,24,26). The lowest BCUT2D eigenvalue weighted by molar-refractivity contribution is 0.0696. The molecule has 2 aromatic carbocycles. The Bertz CT molecular complexity index is 1170. The Morgan fingerprint density at radius 3 is 2.38 bits per heavy atom. The molecule has 29 heavy (non-hydrogen) atoms. The van der Waals surface area contributed by atoms with Crippen molar-refractivity contribution >= 4 is 16.7 Å². The molecule has 148 valence electrons. The fourth-order valence-corrected chi connectivity index (χ4v) is 3.06. The van der Waals surface area contributed by atoms with E-state index in [0.29, 0.717) is 5.39 Å². The highest BCUT2D eigenvalue weighted by atomic mass is 16.7. The smallest absolute Gasteiger partial charge is 0.294 e. The molecule has 0 saturated heterocycles. The van der Waals surface area contributed by atoms with E-state index in [4.69, 9.17) is 4.84 Å². The largest absolute Gasteiger partial charge is 0.492 e. The van der Waals surface area contributed by atoms with Gasteiger partial charge in [0.2, 0.25) is 5.88 Å². The van der Waals surface area contributed by atoms with E-state index >= 15 is 0 Å². The molecule has 0 saturated carbocycles. The van der Waals surface area contributed by atoms with Gasteiger partial charge in [-0.2, -0.15) is 0 Å². The van der Waals surface area contributed by atoms with E-state index in [1.807, 2.05) is 30.3 Å². The number of nitrogens with one attached hydrogen (secondary N) is 1. The summed E-state index contributed by atoms with van der Waals surface area (Å²) in [6.45, 7) is 5.24. The second-order valence-electron chi connectivity index (χ2n) is 7.06. The monoisotopic (exact) mass is 390 g/mol. The van der Waals surface area contributed by atoms with Crippen LogP contribution in [0.4, 0.5) is 0 Å². The van der Waals surface area contributed by atoms with Gasteiger partial charge in [0.05, 0.1) is 10.9 Å². The van der Waals surface area contributed by atoms with Crippen molar-refractivity contribution in [2.45, 2.75) is 32.9 Å². The molecule has 1 aromatic heterocycles. The third-order valence-electron chi connectivity index (χ3n) is 4.32. The maximum absolute atomic E-state index is 13.0. The Morgan fingerprint density at radius 2 is 1.72 bits per heavy atom. The predicted molar refractivity (Wildman–Crippen MR) is 112 cm³/mol. The highest BCUT2D eigenvalue weighted by Crippen LogP contribution is 2.25. The summed E-state index contributed by atoms with van der Waals surface area (Å²) in [4.78, 5) is 31.4. The average molecular weight is 390 g/mol. The number of fused-ring (bicyclic) bond motifs is 1. The van der Waals surface area contributed by atoms with Crippen LogP contribution in [0.25, 0.3) is 10.8 Å². The first-order valence-electron chi connectivity index (χ1n) is 9.14. The van der Waals surface area contributed by atoms with Crippen LogP contribution in [0.15, 0.2) is 59.4 Å². The summed E-state index contributed by atoms with van der Waals surface area (Å²) in [5.41, 5.74) is -0.583. The van der Waals surface area contributed by atoms with Crippen LogP contribution in [0.3, 0.4) is 0 Å². The van der Waals surface area contributed by atoms with Gasteiger partial charge in [-0.25, -0.2) is 0 Å². The van der Waals surface area contributed by atoms with Crippen LogP contribution in [0.1, 0.15) is 36.7 Å². The fourth-order valence-electron chi connectivity index (χ4n) is 3.06. The molecular formula is C23H22N2O4. The molecule has 0 radical (unpaired) electrons. The number of pyridine rings is 1. The minimum absolute atomic E-state index is 0.0424. The summed E-state index contributed by atoms with van der Waals surface area (Å²) >= 11 is 0.